The van der Waals surface area contributed by atoms with Gasteiger partial charge in [-0.3, -0.25) is 72.3 Å². The second-order valence-corrected chi connectivity index (χ2v) is 30.8. The molecular weight excluding hydrogens is 1580 g/mol. The van der Waals surface area contributed by atoms with E-state index in [1.807, 2.05) is 154 Å². The Balaban J connectivity index is 0.000000112. The van der Waals surface area contributed by atoms with Crippen molar-refractivity contribution in [2.75, 3.05) is 0 Å². The molecule has 16 nitrogen and oxygen atoms in total. The molecule has 121 heavy (non-hydrogen) atoms. The van der Waals surface area contributed by atoms with E-state index >= 15 is 0 Å². The minimum Gasteiger partial charge on any atom is -0.306 e. The number of rotatable bonds is 8. The van der Waals surface area contributed by atoms with Crippen LogP contribution in [0.2, 0.25) is 15.1 Å². The number of benzene rings is 9. The average Bonchev–Trinajstić information content (AvgIpc) is 0.831. The van der Waals surface area contributed by atoms with Crippen molar-refractivity contribution in [1.82, 2.24) is 53.2 Å². The number of fused-ring (bicyclic) bond motifs is 14. The van der Waals surface area contributed by atoms with Crippen LogP contribution in [0, 0.1) is 30.9 Å². The number of aryl methyl sites for hydroxylation is 1. The van der Waals surface area contributed by atoms with Crippen LogP contribution >= 0.6 is 34.8 Å². The van der Waals surface area contributed by atoms with E-state index in [2.05, 4.69) is 82.2 Å². The Labute approximate surface area is 701 Å². The molecule has 0 bridgehead atoms. The molecule has 9 aromatic carbocycles. The summed E-state index contributed by atoms with van der Waals surface area (Å²) in [6.45, 7) is 13.3. The Morgan fingerprint density at radius 2 is 0.744 bits per heavy atom. The Bertz CT molecular complexity index is 8050. The average molecular weight is 1650 g/mol. The number of allylic oxidation sites excluding steroid dienone is 1. The van der Waals surface area contributed by atoms with Crippen molar-refractivity contribution in [3.05, 3.63) is 412 Å². The van der Waals surface area contributed by atoms with Crippen molar-refractivity contribution < 1.29 is 13.2 Å². The zero-order chi connectivity index (χ0) is 83.5. The van der Waals surface area contributed by atoms with Crippen LogP contribution in [0.4, 0.5) is 13.2 Å². The molecule has 0 N–H and O–H groups in total. The lowest BCUT2D eigenvalue weighted by Gasteiger charge is -2.15. The standard InChI is InChI=1S/C31H22N4O.C26H15ClFN3O.C24H15ClFN3O.C18H10ClFN2O/c1-31(2,32-3)24-10-12-25(13-11-24)35-29(36)15-9-22-18-34-28-14-8-20(17-26(28)30(22)35)23-16-21-6-4-5-7-27(21)33-19-23;27-21-12-19(6-7-22(21)28)31-25(32)9-5-17-13-30-24-8-4-15(11-20(24)26(17)31)18-10-16-2-1-3-23(16)29-14-18;1-14-8-17(12-27-11-14)15-2-6-22-19(9-15)24-16(13-28-22)3-7-23(30)29(24)18-4-5-21(26)20(25)10-18;19-14-9-12(6-7-15(14)20)22-17(23)8-5-11-10-21-16-4-2-1-3-13(16)18(11)22/h4-19H,1-2H3;1-2,4-14H,3H2;2-13H,1H3;1-10H. The van der Waals surface area contributed by atoms with E-state index in [0.29, 0.717) is 28.1 Å². The smallest absolute Gasteiger partial charge is 0.255 e. The van der Waals surface area contributed by atoms with Crippen LogP contribution in [-0.2, 0) is 12.0 Å². The van der Waals surface area contributed by atoms with Crippen molar-refractivity contribution in [3.63, 3.8) is 0 Å². The molecular formula is C99H62Cl3F3N12O4. The Hall–Kier alpha value is -14.9. The highest BCUT2D eigenvalue weighted by molar-refractivity contribution is 6.31. The van der Waals surface area contributed by atoms with E-state index in [4.69, 9.17) is 41.4 Å². The van der Waals surface area contributed by atoms with Crippen molar-refractivity contribution >= 4 is 139 Å². The summed E-state index contributed by atoms with van der Waals surface area (Å²) >= 11 is 17.9. The topological polar surface area (TPSA) is 183 Å². The molecule has 0 amide bonds. The number of hydrogen-bond acceptors (Lipinski definition) is 11. The lowest BCUT2D eigenvalue weighted by atomic mass is 9.95. The summed E-state index contributed by atoms with van der Waals surface area (Å²) in [5.74, 6) is -1.58. The van der Waals surface area contributed by atoms with Gasteiger partial charge in [-0.05, 0) is 205 Å². The van der Waals surface area contributed by atoms with Crippen LogP contribution < -0.4 is 22.2 Å². The van der Waals surface area contributed by atoms with Gasteiger partial charge in [-0.15, -0.1) is 0 Å². The second kappa shape index (κ2) is 31.8. The van der Waals surface area contributed by atoms with E-state index in [1.54, 1.807) is 87.3 Å². The molecule has 22 heteroatoms. The maximum atomic E-state index is 13.8. The number of hydrogen-bond donors (Lipinski definition) is 0. The van der Waals surface area contributed by atoms with Gasteiger partial charge in [0.05, 0.1) is 87.5 Å². The van der Waals surface area contributed by atoms with Crippen LogP contribution in [0.1, 0.15) is 36.2 Å². The van der Waals surface area contributed by atoms with Crippen molar-refractivity contribution in [2.24, 2.45) is 0 Å². The van der Waals surface area contributed by atoms with Gasteiger partial charge in [-0.2, -0.15) is 0 Å². The lowest BCUT2D eigenvalue weighted by Crippen LogP contribution is -2.18. The number of aromatic nitrogens is 11. The zero-order valence-electron chi connectivity index (χ0n) is 64.4. The molecule has 584 valence electrons. The van der Waals surface area contributed by atoms with Crippen molar-refractivity contribution in [2.45, 2.75) is 32.7 Å². The summed E-state index contributed by atoms with van der Waals surface area (Å²) in [7, 11) is 0. The summed E-state index contributed by atoms with van der Waals surface area (Å²) < 4.78 is 47.3. The van der Waals surface area contributed by atoms with Gasteiger partial charge in [-0.25, -0.2) is 19.7 Å². The highest BCUT2D eigenvalue weighted by Crippen LogP contribution is 2.37. The van der Waals surface area contributed by atoms with E-state index in [1.165, 1.54) is 65.2 Å². The van der Waals surface area contributed by atoms with Gasteiger partial charge in [0.2, 0.25) is 0 Å². The number of nitrogens with zero attached hydrogens (tertiary/aromatic N) is 12. The molecule has 1 aliphatic rings. The van der Waals surface area contributed by atoms with Crippen LogP contribution in [0.3, 0.4) is 0 Å². The van der Waals surface area contributed by atoms with E-state index in [9.17, 15) is 32.3 Å². The molecule has 0 saturated carbocycles. The number of pyridine rings is 11. The third-order valence-electron chi connectivity index (χ3n) is 21.5. The van der Waals surface area contributed by atoms with Gasteiger partial charge >= 0.3 is 0 Å². The first-order valence-electron chi connectivity index (χ1n) is 38.2. The first kappa shape index (κ1) is 77.3. The normalized spacial score (nSPS) is 11.7. The monoisotopic (exact) mass is 1640 g/mol. The fraction of sp³-hybridized carbons (Fsp3) is 0.0505. The van der Waals surface area contributed by atoms with Gasteiger partial charge in [0.15, 0.2) is 0 Å². The summed E-state index contributed by atoms with van der Waals surface area (Å²) in [6, 6.07) is 73.4. The largest absolute Gasteiger partial charge is 0.306 e. The number of halogens is 6. The summed E-state index contributed by atoms with van der Waals surface area (Å²) in [5.41, 5.74) is 17.9. The maximum Gasteiger partial charge on any atom is 0.255 e. The molecule has 1 aliphatic carbocycles. The molecule has 21 rings (SSSR count). The van der Waals surface area contributed by atoms with Crippen LogP contribution in [0.25, 0.3) is 165 Å². The van der Waals surface area contributed by atoms with Gasteiger partial charge in [0.25, 0.3) is 27.8 Å². The van der Waals surface area contributed by atoms with Crippen LogP contribution in [0.15, 0.2) is 324 Å². The van der Waals surface area contributed by atoms with E-state index < -0.39 is 23.0 Å². The fourth-order valence-corrected chi connectivity index (χ4v) is 15.9. The van der Waals surface area contributed by atoms with Crippen LogP contribution in [0.5, 0.6) is 0 Å². The van der Waals surface area contributed by atoms with E-state index in [-0.39, 0.29) is 37.3 Å². The molecule has 0 unspecified atom stereocenters. The minimum atomic E-state index is -0.623. The minimum absolute atomic E-state index is 0.0234. The third-order valence-corrected chi connectivity index (χ3v) is 22.3. The first-order valence-corrected chi connectivity index (χ1v) is 39.3. The third kappa shape index (κ3) is 14.9. The Morgan fingerprint density at radius 1 is 0.355 bits per heavy atom. The molecule has 0 atom stereocenters. The predicted molar refractivity (Wildman–Crippen MR) is 479 cm³/mol. The molecule has 0 radical (unpaired) electrons. The van der Waals surface area contributed by atoms with Gasteiger partial charge < -0.3 is 4.85 Å². The van der Waals surface area contributed by atoms with Gasteiger partial charge in [-0.1, -0.05) is 102 Å². The van der Waals surface area contributed by atoms with Crippen LogP contribution in [-0.4, -0.2) is 53.2 Å². The second-order valence-electron chi connectivity index (χ2n) is 29.5. The van der Waals surface area contributed by atoms with Gasteiger partial charge in [0, 0.05) is 171 Å². The Kier molecular flexibility index (Phi) is 20.3. The van der Waals surface area contributed by atoms with Crippen molar-refractivity contribution in [1.29, 1.82) is 0 Å². The highest BCUT2D eigenvalue weighted by Gasteiger charge is 2.26. The quantitative estimate of drug-likeness (QED) is 0.104. The molecule has 20 aromatic rings. The molecule has 0 saturated heterocycles. The molecule has 0 aliphatic heterocycles. The number of para-hydroxylation sites is 2. The fourth-order valence-electron chi connectivity index (χ4n) is 15.3. The molecule has 0 fully saturated rings. The lowest BCUT2D eigenvalue weighted by molar-refractivity contribution is 0.627. The first-order chi connectivity index (χ1) is 58.7. The maximum absolute atomic E-state index is 13.8. The Morgan fingerprint density at radius 3 is 1.20 bits per heavy atom. The summed E-state index contributed by atoms with van der Waals surface area (Å²) in [6.07, 6.45) is 19.4. The summed E-state index contributed by atoms with van der Waals surface area (Å²) in [5, 5.41) is 7.62. The summed E-state index contributed by atoms with van der Waals surface area (Å²) in [4.78, 5) is 86.9. The zero-order valence-corrected chi connectivity index (χ0v) is 66.7. The molecule has 0 spiro atoms. The SMILES string of the molecule is Cc1cncc(-c2ccc3ncc4ccc(=O)n(-c5ccc(F)c(Cl)c5)c4c3c2)c1.O=c1ccc2cnc3ccc(-c4cnc5c(c4)C=CC5)cc3c2n1-c1ccc(F)c(Cl)c1.O=c1ccc2cnc3ccccc3c2n1-c1ccc(F)c(Cl)c1.[C-]#[N+]C(C)(C)c1ccc(-n2c(=O)ccc3cnc4ccc(-c5cnc6ccccc6c5)cc4c32)cc1. The highest BCUT2D eigenvalue weighted by atomic mass is 35.5. The van der Waals surface area contributed by atoms with E-state index in [0.717, 1.165) is 155 Å². The molecule has 11 aromatic heterocycles. The predicted octanol–water partition coefficient (Wildman–Crippen LogP) is 22.9. The molecule has 11 heterocycles. The van der Waals surface area contributed by atoms with Gasteiger partial charge in [0.1, 0.15) is 17.5 Å². The van der Waals surface area contributed by atoms with Crippen molar-refractivity contribution in [3.8, 4) is 56.1 Å².